The van der Waals surface area contributed by atoms with E-state index in [0.717, 1.165) is 23.4 Å². The number of fused-ring (bicyclic) bond motifs is 1. The van der Waals surface area contributed by atoms with Crippen molar-refractivity contribution in [3.05, 3.63) is 80.7 Å². The fourth-order valence-corrected chi connectivity index (χ4v) is 3.36. The van der Waals surface area contributed by atoms with E-state index >= 15 is 0 Å². The van der Waals surface area contributed by atoms with E-state index in [9.17, 15) is 9.18 Å². The minimum Gasteiger partial charge on any atom is -0.306 e. The summed E-state index contributed by atoms with van der Waals surface area (Å²) in [4.78, 5) is 26.2. The lowest BCUT2D eigenvalue weighted by Crippen LogP contribution is -2.35. The van der Waals surface area contributed by atoms with Crippen LogP contribution in [0.3, 0.4) is 0 Å². The number of benzene rings is 1. The van der Waals surface area contributed by atoms with Crippen LogP contribution in [0, 0.1) is 5.82 Å². The molecule has 7 heteroatoms. The van der Waals surface area contributed by atoms with Crippen LogP contribution >= 0.6 is 11.6 Å². The largest absolute Gasteiger partial charge is 0.306 e. The van der Waals surface area contributed by atoms with Crippen LogP contribution in [-0.2, 0) is 19.5 Å². The number of pyridine rings is 1. The van der Waals surface area contributed by atoms with Crippen LogP contribution in [0.5, 0.6) is 0 Å². The topological polar surface area (TPSA) is 61.9 Å². The van der Waals surface area contributed by atoms with Gasteiger partial charge in [-0.3, -0.25) is 14.7 Å². The van der Waals surface area contributed by atoms with Crippen molar-refractivity contribution in [1.82, 2.24) is 19.9 Å². The van der Waals surface area contributed by atoms with Crippen molar-refractivity contribution in [3.8, 4) is 11.4 Å². The highest BCUT2D eigenvalue weighted by Gasteiger charge is 2.21. The molecule has 0 atom stereocenters. The zero-order chi connectivity index (χ0) is 18.1. The number of hydrogen-bond acceptors (Lipinski definition) is 4. The standard InChI is InChI=1S/C19H16ClFN4O/c20-15-9-12(1-2-16(15)21)10-25-8-5-17-14(11-25)19(26)24-18(23-17)13-3-6-22-7-4-13/h1-4,6-7,9H,5,8,10-11H2,(H,23,24,26). The first-order chi connectivity index (χ1) is 12.6. The Labute approximate surface area is 154 Å². The summed E-state index contributed by atoms with van der Waals surface area (Å²) in [6, 6.07) is 8.34. The van der Waals surface area contributed by atoms with Gasteiger partial charge in [-0.15, -0.1) is 0 Å². The van der Waals surface area contributed by atoms with Gasteiger partial charge in [0.15, 0.2) is 0 Å². The van der Waals surface area contributed by atoms with Crippen LogP contribution < -0.4 is 5.56 Å². The van der Waals surface area contributed by atoms with Crippen LogP contribution in [0.2, 0.25) is 5.02 Å². The molecule has 1 aliphatic rings. The molecule has 132 valence electrons. The second kappa shape index (κ2) is 6.97. The summed E-state index contributed by atoms with van der Waals surface area (Å²) in [7, 11) is 0. The Kier molecular flexibility index (Phi) is 4.53. The molecule has 0 aliphatic carbocycles. The van der Waals surface area contributed by atoms with Crippen molar-refractivity contribution in [2.24, 2.45) is 0 Å². The number of rotatable bonds is 3. The highest BCUT2D eigenvalue weighted by Crippen LogP contribution is 2.21. The van der Waals surface area contributed by atoms with Gasteiger partial charge in [-0.2, -0.15) is 0 Å². The average molecular weight is 371 g/mol. The average Bonchev–Trinajstić information content (AvgIpc) is 2.66. The number of halogens is 2. The van der Waals surface area contributed by atoms with Gasteiger partial charge in [-0.1, -0.05) is 17.7 Å². The Bertz CT molecular complexity index is 1010. The van der Waals surface area contributed by atoms with Crippen LogP contribution in [0.1, 0.15) is 16.8 Å². The minimum absolute atomic E-state index is 0.112. The summed E-state index contributed by atoms with van der Waals surface area (Å²) in [5.41, 5.74) is 3.14. The molecule has 0 amide bonds. The van der Waals surface area contributed by atoms with E-state index in [4.69, 9.17) is 11.6 Å². The van der Waals surface area contributed by atoms with E-state index in [0.29, 0.717) is 30.9 Å². The summed E-state index contributed by atoms with van der Waals surface area (Å²) in [5.74, 6) is 0.138. The summed E-state index contributed by atoms with van der Waals surface area (Å²) in [6.07, 6.45) is 4.03. The van der Waals surface area contributed by atoms with Crippen LogP contribution in [-0.4, -0.2) is 26.4 Å². The number of nitrogens with zero attached hydrogens (tertiary/aromatic N) is 3. The van der Waals surface area contributed by atoms with Crippen LogP contribution in [0.25, 0.3) is 11.4 Å². The van der Waals surface area contributed by atoms with Gasteiger partial charge in [-0.05, 0) is 29.8 Å². The molecule has 3 heterocycles. The zero-order valence-electron chi connectivity index (χ0n) is 13.9. The monoisotopic (exact) mass is 370 g/mol. The predicted octanol–water partition coefficient (Wildman–Crippen LogP) is 3.18. The molecular formula is C19H16ClFN4O. The Hall–Kier alpha value is -2.57. The van der Waals surface area contributed by atoms with Crippen LogP contribution in [0.4, 0.5) is 4.39 Å². The SMILES string of the molecule is O=c1[nH]c(-c2ccncc2)nc2c1CN(Cc1ccc(F)c(Cl)c1)CC2. The molecule has 0 unspecified atom stereocenters. The first-order valence-electron chi connectivity index (χ1n) is 8.29. The Balaban J connectivity index is 1.57. The molecule has 3 aromatic rings. The summed E-state index contributed by atoms with van der Waals surface area (Å²) in [6.45, 7) is 1.88. The first-order valence-corrected chi connectivity index (χ1v) is 8.67. The second-order valence-corrected chi connectivity index (χ2v) is 6.69. The van der Waals surface area contributed by atoms with Crippen molar-refractivity contribution in [1.29, 1.82) is 0 Å². The van der Waals surface area contributed by atoms with E-state index in [2.05, 4.69) is 19.9 Å². The van der Waals surface area contributed by atoms with Crippen molar-refractivity contribution < 1.29 is 4.39 Å². The molecule has 0 radical (unpaired) electrons. The first kappa shape index (κ1) is 16.9. The summed E-state index contributed by atoms with van der Waals surface area (Å²) in [5, 5.41) is 0.112. The van der Waals surface area contributed by atoms with Gasteiger partial charge in [-0.25, -0.2) is 9.37 Å². The normalized spacial score (nSPS) is 14.2. The molecular weight excluding hydrogens is 355 g/mol. The molecule has 1 N–H and O–H groups in total. The fraction of sp³-hybridized carbons (Fsp3) is 0.211. The van der Waals surface area contributed by atoms with Gasteiger partial charge in [0, 0.05) is 44.0 Å². The highest BCUT2D eigenvalue weighted by atomic mass is 35.5. The van der Waals surface area contributed by atoms with Gasteiger partial charge in [0.2, 0.25) is 0 Å². The smallest absolute Gasteiger partial charge is 0.255 e. The van der Waals surface area contributed by atoms with Crippen LogP contribution in [0.15, 0.2) is 47.5 Å². The summed E-state index contributed by atoms with van der Waals surface area (Å²) < 4.78 is 13.3. The Morgan fingerprint density at radius 1 is 1.23 bits per heavy atom. The maximum atomic E-state index is 13.3. The maximum Gasteiger partial charge on any atom is 0.255 e. The predicted molar refractivity (Wildman–Crippen MR) is 97.3 cm³/mol. The number of nitrogens with one attached hydrogen (secondary N) is 1. The number of aromatic amines is 1. The van der Waals surface area contributed by atoms with Crippen molar-refractivity contribution >= 4 is 11.6 Å². The van der Waals surface area contributed by atoms with Crippen molar-refractivity contribution in [2.45, 2.75) is 19.5 Å². The number of aromatic nitrogens is 3. The molecule has 26 heavy (non-hydrogen) atoms. The van der Waals surface area contributed by atoms with E-state index in [1.807, 2.05) is 12.1 Å². The minimum atomic E-state index is -0.427. The van der Waals surface area contributed by atoms with Crippen molar-refractivity contribution in [3.63, 3.8) is 0 Å². The lowest BCUT2D eigenvalue weighted by atomic mass is 10.1. The molecule has 0 saturated carbocycles. The molecule has 1 aromatic carbocycles. The van der Waals surface area contributed by atoms with Gasteiger partial charge in [0.1, 0.15) is 11.6 Å². The summed E-state index contributed by atoms with van der Waals surface area (Å²) >= 11 is 5.85. The third-order valence-corrected chi connectivity index (χ3v) is 4.78. The van der Waals surface area contributed by atoms with E-state index < -0.39 is 5.82 Å². The third-order valence-electron chi connectivity index (χ3n) is 4.49. The highest BCUT2D eigenvalue weighted by molar-refractivity contribution is 6.30. The zero-order valence-corrected chi connectivity index (χ0v) is 14.6. The van der Waals surface area contributed by atoms with Gasteiger partial charge in [0.25, 0.3) is 5.56 Å². The molecule has 1 aliphatic heterocycles. The molecule has 0 spiro atoms. The molecule has 2 aromatic heterocycles. The lowest BCUT2D eigenvalue weighted by Gasteiger charge is -2.27. The molecule has 4 rings (SSSR count). The molecule has 5 nitrogen and oxygen atoms in total. The number of H-pyrrole nitrogens is 1. The number of hydrogen-bond donors (Lipinski definition) is 1. The maximum absolute atomic E-state index is 13.3. The Morgan fingerprint density at radius 2 is 2.04 bits per heavy atom. The quantitative estimate of drug-likeness (QED) is 0.769. The van der Waals surface area contributed by atoms with Gasteiger partial charge < -0.3 is 4.98 Å². The van der Waals surface area contributed by atoms with E-state index in [-0.39, 0.29) is 10.6 Å². The third kappa shape index (κ3) is 3.38. The molecule has 0 bridgehead atoms. The second-order valence-electron chi connectivity index (χ2n) is 6.28. The van der Waals surface area contributed by atoms with E-state index in [1.165, 1.54) is 6.07 Å². The van der Waals surface area contributed by atoms with Crippen molar-refractivity contribution in [2.75, 3.05) is 6.54 Å². The molecule has 0 saturated heterocycles. The lowest BCUT2D eigenvalue weighted by molar-refractivity contribution is 0.242. The van der Waals surface area contributed by atoms with E-state index in [1.54, 1.807) is 24.5 Å². The van der Waals surface area contributed by atoms with Gasteiger partial charge >= 0.3 is 0 Å². The fourth-order valence-electron chi connectivity index (χ4n) is 3.16. The Morgan fingerprint density at radius 3 is 2.81 bits per heavy atom. The van der Waals surface area contributed by atoms with Gasteiger partial charge in [0.05, 0.1) is 16.3 Å². The molecule has 0 fully saturated rings.